The molecular weight excluding hydrogens is 218 g/mol. The van der Waals surface area contributed by atoms with Crippen molar-refractivity contribution >= 4 is 17.1 Å². The molecule has 0 spiro atoms. The minimum atomic E-state index is 0.282. The van der Waals surface area contributed by atoms with Crippen molar-refractivity contribution in [3.63, 3.8) is 0 Å². The predicted molar refractivity (Wildman–Crippen MR) is 68.1 cm³/mol. The third-order valence-electron chi connectivity index (χ3n) is 2.92. The Labute approximate surface area is 101 Å². The van der Waals surface area contributed by atoms with E-state index in [1.54, 1.807) is 11.3 Å². The summed E-state index contributed by atoms with van der Waals surface area (Å²) in [4.78, 5) is 15.2. The lowest BCUT2D eigenvalue weighted by atomic mass is 10.2. The first-order valence-electron chi connectivity index (χ1n) is 6.08. The van der Waals surface area contributed by atoms with Crippen molar-refractivity contribution in [3.8, 4) is 0 Å². The highest BCUT2D eigenvalue weighted by Gasteiger charge is 2.25. The summed E-state index contributed by atoms with van der Waals surface area (Å²) in [6.45, 7) is 4.94. The van der Waals surface area contributed by atoms with E-state index in [1.165, 1.54) is 12.8 Å². The summed E-state index contributed by atoms with van der Waals surface area (Å²) < 4.78 is 0. The molecule has 1 aromatic heterocycles. The van der Waals surface area contributed by atoms with Crippen molar-refractivity contribution in [1.29, 1.82) is 0 Å². The van der Waals surface area contributed by atoms with E-state index in [2.05, 4.69) is 11.8 Å². The number of nitrogens with zero attached hydrogens (tertiary/aromatic N) is 1. The van der Waals surface area contributed by atoms with Gasteiger partial charge in [-0.1, -0.05) is 13.0 Å². The fraction of sp³-hybridized carbons (Fsp3) is 0.615. The molecule has 1 aliphatic carbocycles. The normalized spacial score (nSPS) is 15.6. The Balaban J connectivity index is 1.86. The van der Waals surface area contributed by atoms with Crippen LogP contribution in [0.1, 0.15) is 35.9 Å². The first-order valence-corrected chi connectivity index (χ1v) is 6.96. The number of Topliss-reactive ketones (excluding diaryl/α,β-unsaturated/α-hetero) is 1. The molecule has 1 saturated carbocycles. The van der Waals surface area contributed by atoms with E-state index in [9.17, 15) is 4.79 Å². The molecule has 0 atom stereocenters. The van der Waals surface area contributed by atoms with Crippen LogP contribution in [0.5, 0.6) is 0 Å². The molecule has 1 fully saturated rings. The average Bonchev–Trinajstić information content (AvgIpc) is 2.91. The van der Waals surface area contributed by atoms with Crippen LogP contribution >= 0.6 is 11.3 Å². The molecule has 0 N–H and O–H groups in total. The molecule has 1 heterocycles. The predicted octanol–water partition coefficient (Wildman–Crippen LogP) is 3.05. The van der Waals surface area contributed by atoms with Gasteiger partial charge in [0.1, 0.15) is 0 Å². The fourth-order valence-electron chi connectivity index (χ4n) is 1.93. The molecule has 1 aromatic rings. The van der Waals surface area contributed by atoms with E-state index in [0.717, 1.165) is 30.3 Å². The van der Waals surface area contributed by atoms with Gasteiger partial charge in [-0.15, -0.1) is 11.3 Å². The summed E-state index contributed by atoms with van der Waals surface area (Å²) >= 11 is 1.55. The van der Waals surface area contributed by atoms with Crippen molar-refractivity contribution in [2.24, 2.45) is 5.92 Å². The van der Waals surface area contributed by atoms with Crippen LogP contribution < -0.4 is 0 Å². The Morgan fingerprint density at radius 1 is 1.56 bits per heavy atom. The molecule has 0 saturated heterocycles. The Morgan fingerprint density at radius 3 is 2.94 bits per heavy atom. The average molecular weight is 237 g/mol. The molecule has 3 heteroatoms. The van der Waals surface area contributed by atoms with Crippen LogP contribution in [0, 0.1) is 5.92 Å². The third-order valence-corrected chi connectivity index (χ3v) is 3.83. The second kappa shape index (κ2) is 5.60. The maximum atomic E-state index is 12.0. The van der Waals surface area contributed by atoms with Gasteiger partial charge in [-0.05, 0) is 43.2 Å². The Hall–Kier alpha value is -0.670. The molecule has 0 aliphatic heterocycles. The number of carbonyl (C=O) groups excluding carboxylic acids is 1. The summed E-state index contributed by atoms with van der Waals surface area (Å²) in [5.41, 5.74) is 0. The third kappa shape index (κ3) is 3.42. The zero-order chi connectivity index (χ0) is 11.4. The van der Waals surface area contributed by atoms with Gasteiger partial charge in [0.15, 0.2) is 5.78 Å². The van der Waals surface area contributed by atoms with E-state index in [0.29, 0.717) is 6.54 Å². The van der Waals surface area contributed by atoms with Crippen LogP contribution in [0.15, 0.2) is 17.5 Å². The number of thiophene rings is 1. The molecular formula is C13H19NOS. The largest absolute Gasteiger partial charge is 0.296 e. The van der Waals surface area contributed by atoms with Crippen molar-refractivity contribution < 1.29 is 4.79 Å². The monoisotopic (exact) mass is 237 g/mol. The summed E-state index contributed by atoms with van der Waals surface area (Å²) in [6.07, 6.45) is 3.84. The van der Waals surface area contributed by atoms with Gasteiger partial charge in [0, 0.05) is 6.54 Å². The van der Waals surface area contributed by atoms with Crippen LogP contribution in [-0.2, 0) is 0 Å². The number of carbonyl (C=O) groups is 1. The molecule has 2 rings (SSSR count). The van der Waals surface area contributed by atoms with Gasteiger partial charge >= 0.3 is 0 Å². The molecule has 0 bridgehead atoms. The van der Waals surface area contributed by atoms with Crippen molar-refractivity contribution in [2.75, 3.05) is 19.6 Å². The lowest BCUT2D eigenvalue weighted by Crippen LogP contribution is -2.32. The van der Waals surface area contributed by atoms with Gasteiger partial charge in [-0.2, -0.15) is 0 Å². The van der Waals surface area contributed by atoms with Crippen molar-refractivity contribution in [2.45, 2.75) is 26.2 Å². The van der Waals surface area contributed by atoms with E-state index < -0.39 is 0 Å². The van der Waals surface area contributed by atoms with Crippen LogP contribution in [-0.4, -0.2) is 30.3 Å². The lowest BCUT2D eigenvalue weighted by molar-refractivity contribution is 0.0931. The quantitative estimate of drug-likeness (QED) is 0.679. The summed E-state index contributed by atoms with van der Waals surface area (Å²) in [5, 5.41) is 1.97. The van der Waals surface area contributed by atoms with Gasteiger partial charge < -0.3 is 0 Å². The Bertz CT molecular complexity index is 330. The molecule has 0 amide bonds. The van der Waals surface area contributed by atoms with E-state index in [1.807, 2.05) is 17.5 Å². The highest BCUT2D eigenvalue weighted by Crippen LogP contribution is 2.29. The Morgan fingerprint density at radius 2 is 2.38 bits per heavy atom. The summed E-state index contributed by atoms with van der Waals surface area (Å²) in [6, 6.07) is 3.87. The van der Waals surface area contributed by atoms with Crippen LogP contribution in [0.2, 0.25) is 0 Å². The number of hydrogen-bond donors (Lipinski definition) is 0. The molecule has 0 unspecified atom stereocenters. The minimum Gasteiger partial charge on any atom is -0.296 e. The highest BCUT2D eigenvalue weighted by atomic mass is 32.1. The molecule has 0 radical (unpaired) electrons. The number of rotatable bonds is 7. The van der Waals surface area contributed by atoms with Gasteiger partial charge in [0.2, 0.25) is 0 Å². The van der Waals surface area contributed by atoms with Crippen LogP contribution in [0.4, 0.5) is 0 Å². The summed E-state index contributed by atoms with van der Waals surface area (Å²) in [5.74, 6) is 1.15. The maximum absolute atomic E-state index is 12.0. The fourth-order valence-corrected chi connectivity index (χ4v) is 2.59. The highest BCUT2D eigenvalue weighted by molar-refractivity contribution is 7.12. The first-order chi connectivity index (χ1) is 7.79. The van der Waals surface area contributed by atoms with Gasteiger partial charge in [0.05, 0.1) is 11.4 Å². The molecule has 88 valence electrons. The van der Waals surface area contributed by atoms with Crippen molar-refractivity contribution in [1.82, 2.24) is 4.90 Å². The van der Waals surface area contributed by atoms with Gasteiger partial charge in [0.25, 0.3) is 0 Å². The van der Waals surface area contributed by atoms with E-state index in [-0.39, 0.29) is 5.78 Å². The second-order valence-corrected chi connectivity index (χ2v) is 5.53. The SMILES string of the molecule is CCCN(CC(=O)c1cccs1)CC1CC1. The van der Waals surface area contributed by atoms with E-state index >= 15 is 0 Å². The molecule has 1 aliphatic rings. The van der Waals surface area contributed by atoms with Crippen molar-refractivity contribution in [3.05, 3.63) is 22.4 Å². The minimum absolute atomic E-state index is 0.282. The smallest absolute Gasteiger partial charge is 0.186 e. The van der Waals surface area contributed by atoms with E-state index in [4.69, 9.17) is 0 Å². The zero-order valence-corrected chi connectivity index (χ0v) is 10.6. The maximum Gasteiger partial charge on any atom is 0.186 e. The zero-order valence-electron chi connectivity index (χ0n) is 9.82. The standard InChI is InChI=1S/C13H19NOS/c1-2-7-14(9-11-5-6-11)10-12(15)13-4-3-8-16-13/h3-4,8,11H,2,5-7,9-10H2,1H3. The number of ketones is 1. The summed E-state index contributed by atoms with van der Waals surface area (Å²) in [7, 11) is 0. The number of hydrogen-bond acceptors (Lipinski definition) is 3. The molecule has 0 aromatic carbocycles. The van der Waals surface area contributed by atoms with Crippen LogP contribution in [0.25, 0.3) is 0 Å². The first kappa shape index (κ1) is 11.8. The van der Waals surface area contributed by atoms with Gasteiger partial charge in [-0.25, -0.2) is 0 Å². The lowest BCUT2D eigenvalue weighted by Gasteiger charge is -2.20. The second-order valence-electron chi connectivity index (χ2n) is 4.58. The van der Waals surface area contributed by atoms with Crippen LogP contribution in [0.3, 0.4) is 0 Å². The van der Waals surface area contributed by atoms with Gasteiger partial charge in [-0.3, -0.25) is 9.69 Å². The molecule has 2 nitrogen and oxygen atoms in total. The molecule has 16 heavy (non-hydrogen) atoms. The topological polar surface area (TPSA) is 20.3 Å². The Kier molecular flexibility index (Phi) is 4.13.